The van der Waals surface area contributed by atoms with E-state index in [0.29, 0.717) is 39.3 Å². The van der Waals surface area contributed by atoms with Gasteiger partial charge in [0, 0.05) is 33.3 Å². The standard InChI is InChI=1S/C16H26N2O3/c1-3-18(13-15-7-5-4-6-8-15)16(20)14-17(9-11-19)10-12-21-2/h4-8,19H,3,9-14H2,1-2H3. The van der Waals surface area contributed by atoms with Crippen molar-refractivity contribution in [1.82, 2.24) is 9.80 Å². The van der Waals surface area contributed by atoms with E-state index in [1.54, 1.807) is 7.11 Å². The third-order valence-electron chi connectivity index (χ3n) is 3.34. The van der Waals surface area contributed by atoms with Crippen LogP contribution >= 0.6 is 0 Å². The maximum Gasteiger partial charge on any atom is 0.237 e. The summed E-state index contributed by atoms with van der Waals surface area (Å²) in [6.45, 7) is 5.30. The first-order valence-electron chi connectivity index (χ1n) is 7.35. The van der Waals surface area contributed by atoms with Gasteiger partial charge in [-0.2, -0.15) is 0 Å². The van der Waals surface area contributed by atoms with Crippen LogP contribution in [0.15, 0.2) is 30.3 Å². The van der Waals surface area contributed by atoms with Crippen LogP contribution < -0.4 is 0 Å². The molecule has 0 heterocycles. The molecular formula is C16H26N2O3. The van der Waals surface area contributed by atoms with Gasteiger partial charge in [0.15, 0.2) is 0 Å². The van der Waals surface area contributed by atoms with E-state index in [-0.39, 0.29) is 12.5 Å². The lowest BCUT2D eigenvalue weighted by atomic mass is 10.2. The molecule has 1 aromatic rings. The number of aliphatic hydroxyl groups is 1. The normalized spacial score (nSPS) is 10.9. The number of ether oxygens (including phenoxy) is 1. The first-order valence-corrected chi connectivity index (χ1v) is 7.35. The van der Waals surface area contributed by atoms with Crippen molar-refractivity contribution in [2.75, 3.05) is 46.5 Å². The Labute approximate surface area is 127 Å². The van der Waals surface area contributed by atoms with Crippen LogP contribution in [-0.2, 0) is 16.1 Å². The van der Waals surface area contributed by atoms with Crippen LogP contribution in [0, 0.1) is 0 Å². The van der Waals surface area contributed by atoms with Gasteiger partial charge >= 0.3 is 0 Å². The van der Waals surface area contributed by atoms with Gasteiger partial charge < -0.3 is 14.7 Å². The van der Waals surface area contributed by atoms with Crippen molar-refractivity contribution >= 4 is 5.91 Å². The van der Waals surface area contributed by atoms with Gasteiger partial charge in [0.25, 0.3) is 0 Å². The summed E-state index contributed by atoms with van der Waals surface area (Å²) in [5, 5.41) is 9.07. The lowest BCUT2D eigenvalue weighted by Crippen LogP contribution is -2.42. The van der Waals surface area contributed by atoms with Crippen LogP contribution in [0.25, 0.3) is 0 Å². The molecule has 118 valence electrons. The molecule has 0 aliphatic heterocycles. The Bertz CT molecular complexity index is 398. The summed E-state index contributed by atoms with van der Waals surface area (Å²) in [5.74, 6) is 0.0749. The van der Waals surface area contributed by atoms with E-state index in [1.165, 1.54) is 0 Å². The molecule has 1 amide bonds. The van der Waals surface area contributed by atoms with Gasteiger partial charge in [0.1, 0.15) is 0 Å². The van der Waals surface area contributed by atoms with Crippen LogP contribution in [0.1, 0.15) is 12.5 Å². The predicted molar refractivity (Wildman–Crippen MR) is 82.9 cm³/mol. The molecule has 0 atom stereocenters. The zero-order valence-electron chi connectivity index (χ0n) is 13.0. The van der Waals surface area contributed by atoms with Crippen molar-refractivity contribution in [2.45, 2.75) is 13.5 Å². The summed E-state index contributed by atoms with van der Waals surface area (Å²) in [6, 6.07) is 9.96. The molecule has 0 aliphatic rings. The van der Waals surface area contributed by atoms with E-state index >= 15 is 0 Å². The number of methoxy groups -OCH3 is 1. The second-order valence-electron chi connectivity index (χ2n) is 4.89. The van der Waals surface area contributed by atoms with E-state index < -0.39 is 0 Å². The van der Waals surface area contributed by atoms with E-state index in [4.69, 9.17) is 9.84 Å². The molecule has 5 heteroatoms. The van der Waals surface area contributed by atoms with Crippen molar-refractivity contribution < 1.29 is 14.6 Å². The molecule has 1 aromatic carbocycles. The summed E-state index contributed by atoms with van der Waals surface area (Å²) in [5.41, 5.74) is 1.12. The monoisotopic (exact) mass is 294 g/mol. The Morgan fingerprint density at radius 3 is 2.52 bits per heavy atom. The summed E-state index contributed by atoms with van der Waals surface area (Å²) in [7, 11) is 1.63. The lowest BCUT2D eigenvalue weighted by molar-refractivity contribution is -0.133. The third-order valence-corrected chi connectivity index (χ3v) is 3.34. The molecular weight excluding hydrogens is 268 g/mol. The maximum atomic E-state index is 12.4. The van der Waals surface area contributed by atoms with Crippen molar-refractivity contribution in [2.24, 2.45) is 0 Å². The largest absolute Gasteiger partial charge is 0.395 e. The van der Waals surface area contributed by atoms with E-state index in [1.807, 2.05) is 47.1 Å². The van der Waals surface area contributed by atoms with Crippen LogP contribution in [0.4, 0.5) is 0 Å². The number of aliphatic hydroxyl groups excluding tert-OH is 1. The van der Waals surface area contributed by atoms with Gasteiger partial charge in [-0.05, 0) is 12.5 Å². The molecule has 0 spiro atoms. The molecule has 0 bridgehead atoms. The third kappa shape index (κ3) is 6.71. The van der Waals surface area contributed by atoms with Crippen LogP contribution in [-0.4, -0.2) is 67.3 Å². The summed E-state index contributed by atoms with van der Waals surface area (Å²) in [4.78, 5) is 16.1. The minimum atomic E-state index is 0.0435. The molecule has 1 rings (SSSR count). The Kier molecular flexibility index (Phi) is 8.66. The van der Waals surface area contributed by atoms with Gasteiger partial charge in [-0.25, -0.2) is 0 Å². The smallest absolute Gasteiger partial charge is 0.237 e. The van der Waals surface area contributed by atoms with Gasteiger partial charge in [0.05, 0.1) is 19.8 Å². The topological polar surface area (TPSA) is 53.0 Å². The fourth-order valence-electron chi connectivity index (χ4n) is 2.10. The number of carbonyl (C=O) groups excluding carboxylic acids is 1. The Hall–Kier alpha value is -1.43. The quantitative estimate of drug-likeness (QED) is 0.699. The second kappa shape index (κ2) is 10.3. The number of nitrogens with zero attached hydrogens (tertiary/aromatic N) is 2. The molecule has 0 aromatic heterocycles. The molecule has 5 nitrogen and oxygen atoms in total. The molecule has 0 saturated carbocycles. The summed E-state index contributed by atoms with van der Waals surface area (Å²) in [6.07, 6.45) is 0. The average Bonchev–Trinajstić information content (AvgIpc) is 2.51. The Balaban J connectivity index is 2.56. The van der Waals surface area contributed by atoms with Gasteiger partial charge in [-0.3, -0.25) is 9.69 Å². The van der Waals surface area contributed by atoms with Crippen molar-refractivity contribution in [1.29, 1.82) is 0 Å². The van der Waals surface area contributed by atoms with E-state index in [9.17, 15) is 4.79 Å². The Morgan fingerprint density at radius 2 is 1.95 bits per heavy atom. The number of likely N-dealkylation sites (N-methyl/N-ethyl adjacent to an activating group) is 1. The minimum Gasteiger partial charge on any atom is -0.395 e. The SMILES string of the molecule is CCN(Cc1ccccc1)C(=O)CN(CCO)CCOC. The molecule has 0 saturated heterocycles. The fourth-order valence-corrected chi connectivity index (χ4v) is 2.10. The molecule has 0 radical (unpaired) electrons. The highest BCUT2D eigenvalue weighted by atomic mass is 16.5. The average molecular weight is 294 g/mol. The van der Waals surface area contributed by atoms with Crippen LogP contribution in [0.3, 0.4) is 0 Å². The fraction of sp³-hybridized carbons (Fsp3) is 0.562. The predicted octanol–water partition coefficient (Wildman–Crippen LogP) is 0.976. The number of hydrogen-bond acceptors (Lipinski definition) is 4. The number of amides is 1. The van der Waals surface area contributed by atoms with E-state index in [2.05, 4.69) is 0 Å². The molecule has 1 N–H and O–H groups in total. The zero-order valence-corrected chi connectivity index (χ0v) is 13.0. The molecule has 21 heavy (non-hydrogen) atoms. The van der Waals surface area contributed by atoms with Crippen molar-refractivity contribution in [3.8, 4) is 0 Å². The minimum absolute atomic E-state index is 0.0435. The maximum absolute atomic E-state index is 12.4. The zero-order chi connectivity index (χ0) is 15.5. The van der Waals surface area contributed by atoms with Crippen LogP contribution in [0.2, 0.25) is 0 Å². The van der Waals surface area contributed by atoms with Crippen molar-refractivity contribution in [3.05, 3.63) is 35.9 Å². The van der Waals surface area contributed by atoms with Gasteiger partial charge in [0.2, 0.25) is 5.91 Å². The van der Waals surface area contributed by atoms with Gasteiger partial charge in [-0.1, -0.05) is 30.3 Å². The molecule has 0 unspecified atom stereocenters. The number of hydrogen-bond donors (Lipinski definition) is 1. The van der Waals surface area contributed by atoms with Crippen molar-refractivity contribution in [3.63, 3.8) is 0 Å². The number of rotatable bonds is 10. The highest BCUT2D eigenvalue weighted by molar-refractivity contribution is 5.78. The van der Waals surface area contributed by atoms with E-state index in [0.717, 1.165) is 5.56 Å². The van der Waals surface area contributed by atoms with Gasteiger partial charge in [-0.15, -0.1) is 0 Å². The number of benzene rings is 1. The molecule has 0 aliphatic carbocycles. The highest BCUT2D eigenvalue weighted by Crippen LogP contribution is 2.05. The Morgan fingerprint density at radius 1 is 1.24 bits per heavy atom. The first kappa shape index (κ1) is 17.6. The highest BCUT2D eigenvalue weighted by Gasteiger charge is 2.16. The first-order chi connectivity index (χ1) is 10.2. The number of carbonyl (C=O) groups is 1. The summed E-state index contributed by atoms with van der Waals surface area (Å²) >= 11 is 0. The lowest BCUT2D eigenvalue weighted by Gasteiger charge is -2.26. The van der Waals surface area contributed by atoms with Crippen LogP contribution in [0.5, 0.6) is 0 Å². The second-order valence-corrected chi connectivity index (χ2v) is 4.89. The molecule has 0 fully saturated rings. The summed E-state index contributed by atoms with van der Waals surface area (Å²) < 4.78 is 5.03.